The van der Waals surface area contributed by atoms with Gasteiger partial charge in [-0.25, -0.2) is 9.79 Å². The molecule has 0 radical (unpaired) electrons. The zero-order valence-corrected chi connectivity index (χ0v) is 15.3. The molecule has 0 saturated carbocycles. The van der Waals surface area contributed by atoms with E-state index in [2.05, 4.69) is 4.98 Å². The first-order chi connectivity index (χ1) is 13.5. The zero-order valence-electron chi connectivity index (χ0n) is 14.6. The van der Waals surface area contributed by atoms with Gasteiger partial charge in [-0.2, -0.15) is 0 Å². The predicted octanol–water partition coefficient (Wildman–Crippen LogP) is 5.39. The van der Waals surface area contributed by atoms with E-state index in [1.807, 2.05) is 30.3 Å². The van der Waals surface area contributed by atoms with Gasteiger partial charge in [0, 0.05) is 21.5 Å². The molecule has 1 heterocycles. The van der Waals surface area contributed by atoms with Gasteiger partial charge in [-0.15, -0.1) is 0 Å². The molecule has 4 aromatic rings. The second-order valence-corrected chi connectivity index (χ2v) is 6.65. The number of rotatable bonds is 4. The number of aromatic amines is 1. The minimum Gasteiger partial charge on any atom is -0.494 e. The summed E-state index contributed by atoms with van der Waals surface area (Å²) < 4.78 is 0. The first kappa shape index (κ1) is 17.8. The Morgan fingerprint density at radius 1 is 0.929 bits per heavy atom. The molecule has 0 spiro atoms. The number of carboxylic acid groups (broad SMARTS) is 1. The third-order valence-corrected chi connectivity index (χ3v) is 4.63. The summed E-state index contributed by atoms with van der Waals surface area (Å²) >= 11 is 5.97. The van der Waals surface area contributed by atoms with Crippen LogP contribution in [-0.2, 0) is 0 Å². The lowest BCUT2D eigenvalue weighted by atomic mass is 9.99. The SMILES string of the molecule is O=C(O)c1ccc2[nH]c(O)c(C(=Nc3ccc(Cl)cc3)c3ccccc3)c2c1. The van der Waals surface area contributed by atoms with Crippen LogP contribution in [0.1, 0.15) is 21.5 Å². The van der Waals surface area contributed by atoms with Crippen LogP contribution in [-0.4, -0.2) is 26.9 Å². The van der Waals surface area contributed by atoms with Gasteiger partial charge in [-0.1, -0.05) is 41.9 Å². The van der Waals surface area contributed by atoms with Gasteiger partial charge in [0.1, 0.15) is 0 Å². The lowest BCUT2D eigenvalue weighted by Crippen LogP contribution is -2.03. The van der Waals surface area contributed by atoms with Crippen LogP contribution in [0.5, 0.6) is 5.88 Å². The molecule has 0 fully saturated rings. The number of fused-ring (bicyclic) bond motifs is 1. The van der Waals surface area contributed by atoms with Crippen LogP contribution in [0.15, 0.2) is 77.8 Å². The van der Waals surface area contributed by atoms with E-state index in [0.717, 1.165) is 5.56 Å². The number of hydrogen-bond acceptors (Lipinski definition) is 3. The molecule has 3 N–H and O–H groups in total. The molecule has 4 rings (SSSR count). The van der Waals surface area contributed by atoms with Crippen molar-refractivity contribution in [1.29, 1.82) is 0 Å². The second kappa shape index (κ2) is 7.21. The minimum atomic E-state index is -1.04. The van der Waals surface area contributed by atoms with Crippen LogP contribution in [0, 0.1) is 0 Å². The normalized spacial score (nSPS) is 11.7. The van der Waals surface area contributed by atoms with Crippen molar-refractivity contribution in [2.75, 3.05) is 0 Å². The molecular weight excluding hydrogens is 376 g/mol. The summed E-state index contributed by atoms with van der Waals surface area (Å²) in [6.07, 6.45) is 0. The van der Waals surface area contributed by atoms with E-state index in [1.165, 1.54) is 12.1 Å². The quantitative estimate of drug-likeness (QED) is 0.408. The highest BCUT2D eigenvalue weighted by molar-refractivity contribution is 6.30. The van der Waals surface area contributed by atoms with Crippen LogP contribution < -0.4 is 0 Å². The number of H-pyrrole nitrogens is 1. The van der Waals surface area contributed by atoms with Crippen molar-refractivity contribution in [3.63, 3.8) is 0 Å². The van der Waals surface area contributed by atoms with Gasteiger partial charge < -0.3 is 15.2 Å². The summed E-state index contributed by atoms with van der Waals surface area (Å²) in [6.45, 7) is 0. The Hall–Kier alpha value is -3.57. The van der Waals surface area contributed by atoms with E-state index in [-0.39, 0.29) is 11.4 Å². The topological polar surface area (TPSA) is 85.7 Å². The first-order valence-corrected chi connectivity index (χ1v) is 8.89. The van der Waals surface area contributed by atoms with Gasteiger partial charge >= 0.3 is 5.97 Å². The van der Waals surface area contributed by atoms with Crippen LogP contribution >= 0.6 is 11.6 Å². The summed E-state index contributed by atoms with van der Waals surface area (Å²) in [6, 6.07) is 21.1. The van der Waals surface area contributed by atoms with Gasteiger partial charge in [0.05, 0.1) is 22.5 Å². The highest BCUT2D eigenvalue weighted by atomic mass is 35.5. The minimum absolute atomic E-state index is 0.0749. The van der Waals surface area contributed by atoms with Crippen molar-refractivity contribution in [1.82, 2.24) is 4.98 Å². The molecule has 5 nitrogen and oxygen atoms in total. The van der Waals surface area contributed by atoms with Crippen LogP contribution in [0.4, 0.5) is 5.69 Å². The van der Waals surface area contributed by atoms with Gasteiger partial charge in [-0.05, 0) is 42.5 Å². The lowest BCUT2D eigenvalue weighted by Gasteiger charge is -2.08. The van der Waals surface area contributed by atoms with Crippen molar-refractivity contribution >= 4 is 39.9 Å². The third-order valence-electron chi connectivity index (χ3n) is 4.38. The van der Waals surface area contributed by atoms with Crippen molar-refractivity contribution in [2.24, 2.45) is 4.99 Å². The number of nitrogens with one attached hydrogen (secondary N) is 1. The number of halogens is 1. The van der Waals surface area contributed by atoms with Gasteiger partial charge in [0.2, 0.25) is 0 Å². The second-order valence-electron chi connectivity index (χ2n) is 6.22. The van der Waals surface area contributed by atoms with Crippen molar-refractivity contribution < 1.29 is 15.0 Å². The summed E-state index contributed by atoms with van der Waals surface area (Å²) in [4.78, 5) is 19.0. The smallest absolute Gasteiger partial charge is 0.335 e. The third kappa shape index (κ3) is 3.35. The molecule has 1 aromatic heterocycles. The van der Waals surface area contributed by atoms with E-state index in [4.69, 9.17) is 16.6 Å². The summed E-state index contributed by atoms with van der Waals surface area (Å²) in [5, 5.41) is 21.1. The number of aromatic hydroxyl groups is 1. The van der Waals surface area contributed by atoms with E-state index in [9.17, 15) is 15.0 Å². The molecule has 138 valence electrons. The molecule has 0 unspecified atom stereocenters. The molecule has 0 atom stereocenters. The molecule has 28 heavy (non-hydrogen) atoms. The highest BCUT2D eigenvalue weighted by Gasteiger charge is 2.19. The predicted molar refractivity (Wildman–Crippen MR) is 110 cm³/mol. The molecule has 0 saturated heterocycles. The van der Waals surface area contributed by atoms with E-state index in [0.29, 0.717) is 32.9 Å². The van der Waals surface area contributed by atoms with Crippen molar-refractivity contribution in [3.05, 3.63) is 94.5 Å². The Kier molecular flexibility index (Phi) is 4.59. The van der Waals surface area contributed by atoms with Crippen LogP contribution in [0.25, 0.3) is 10.9 Å². The van der Waals surface area contributed by atoms with Crippen molar-refractivity contribution in [3.8, 4) is 5.88 Å². The number of benzene rings is 3. The maximum absolute atomic E-state index is 11.4. The molecule has 0 bridgehead atoms. The fourth-order valence-corrected chi connectivity index (χ4v) is 3.18. The Morgan fingerprint density at radius 3 is 2.32 bits per heavy atom. The lowest BCUT2D eigenvalue weighted by molar-refractivity contribution is 0.0697. The Balaban J connectivity index is 1.99. The average Bonchev–Trinajstić information content (AvgIpc) is 3.03. The highest BCUT2D eigenvalue weighted by Crippen LogP contribution is 2.32. The molecule has 0 aliphatic rings. The maximum atomic E-state index is 11.4. The zero-order chi connectivity index (χ0) is 19.7. The summed E-state index contributed by atoms with van der Waals surface area (Å²) in [7, 11) is 0. The Morgan fingerprint density at radius 2 is 1.64 bits per heavy atom. The number of aromatic carboxylic acids is 1. The first-order valence-electron chi connectivity index (χ1n) is 8.51. The Labute approximate surface area is 165 Å². The summed E-state index contributed by atoms with van der Waals surface area (Å²) in [5.74, 6) is -1.11. The van der Waals surface area contributed by atoms with Crippen LogP contribution in [0.3, 0.4) is 0 Å². The molecule has 0 aliphatic carbocycles. The molecule has 3 aromatic carbocycles. The van der Waals surface area contributed by atoms with Gasteiger partial charge in [-0.3, -0.25) is 0 Å². The molecule has 6 heteroatoms. The van der Waals surface area contributed by atoms with Gasteiger partial charge in [0.15, 0.2) is 5.88 Å². The molecular formula is C22H15ClN2O3. The van der Waals surface area contributed by atoms with E-state index >= 15 is 0 Å². The average molecular weight is 391 g/mol. The number of hydrogen-bond donors (Lipinski definition) is 3. The number of nitrogens with zero attached hydrogens (tertiary/aromatic N) is 1. The number of carbonyl (C=O) groups is 1. The summed E-state index contributed by atoms with van der Waals surface area (Å²) in [5.41, 5.74) is 3.16. The number of aliphatic imine (C=N–C) groups is 1. The van der Waals surface area contributed by atoms with Crippen molar-refractivity contribution in [2.45, 2.75) is 0 Å². The number of carboxylic acids is 1. The largest absolute Gasteiger partial charge is 0.494 e. The maximum Gasteiger partial charge on any atom is 0.335 e. The molecule has 0 aliphatic heterocycles. The van der Waals surface area contributed by atoms with Gasteiger partial charge in [0.25, 0.3) is 0 Å². The van der Waals surface area contributed by atoms with E-state index in [1.54, 1.807) is 30.3 Å². The van der Waals surface area contributed by atoms with Crippen LogP contribution in [0.2, 0.25) is 5.02 Å². The fourth-order valence-electron chi connectivity index (χ4n) is 3.06. The Bertz CT molecular complexity index is 1200. The molecule has 0 amide bonds. The van der Waals surface area contributed by atoms with E-state index < -0.39 is 5.97 Å². The fraction of sp³-hybridized carbons (Fsp3) is 0. The number of aromatic nitrogens is 1. The monoisotopic (exact) mass is 390 g/mol. The standard InChI is InChI=1S/C22H15ClN2O3/c23-15-7-9-16(10-8-15)24-20(13-4-2-1-3-5-13)19-17-12-14(22(27)28)6-11-18(17)25-21(19)26/h1-12,25-26H,(H,27,28).